The number of esters is 1. The van der Waals surface area contributed by atoms with Crippen LogP contribution in [-0.2, 0) is 16.0 Å². The molecule has 1 aliphatic rings. The Balaban J connectivity index is 2.13. The molecule has 0 aromatic carbocycles. The third kappa shape index (κ3) is 3.84. The molecule has 2 rings (SSSR count). The second-order valence-electron chi connectivity index (χ2n) is 6.41. The third-order valence-corrected chi connectivity index (χ3v) is 4.56. The van der Waals surface area contributed by atoms with Crippen molar-refractivity contribution in [2.24, 2.45) is 0 Å². The van der Waals surface area contributed by atoms with E-state index in [1.807, 2.05) is 0 Å². The monoisotopic (exact) mass is 336 g/mol. The number of hydrogen-bond acceptors (Lipinski definition) is 5. The van der Waals surface area contributed by atoms with E-state index in [1.54, 1.807) is 6.92 Å². The summed E-state index contributed by atoms with van der Waals surface area (Å²) in [5.41, 5.74) is 0.508. The second kappa shape index (κ2) is 7.17. The van der Waals surface area contributed by atoms with Crippen molar-refractivity contribution in [1.29, 1.82) is 0 Å². The number of amides is 1. The van der Waals surface area contributed by atoms with Gasteiger partial charge in [-0.05, 0) is 25.3 Å². The van der Waals surface area contributed by atoms with E-state index in [1.165, 1.54) is 14.0 Å². The molecular formula is C17H24N2O5. The Labute approximate surface area is 140 Å². The van der Waals surface area contributed by atoms with Crippen molar-refractivity contribution < 1.29 is 24.2 Å². The molecule has 1 saturated carbocycles. The van der Waals surface area contributed by atoms with E-state index >= 15 is 0 Å². The predicted molar refractivity (Wildman–Crippen MR) is 87.0 cm³/mol. The molecule has 0 spiro atoms. The summed E-state index contributed by atoms with van der Waals surface area (Å²) >= 11 is 0. The summed E-state index contributed by atoms with van der Waals surface area (Å²) < 4.78 is 4.75. The predicted octanol–water partition coefficient (Wildman–Crippen LogP) is 1.28. The first-order valence-electron chi connectivity index (χ1n) is 8.07. The lowest BCUT2D eigenvalue weighted by Gasteiger charge is -2.22. The fourth-order valence-corrected chi connectivity index (χ4v) is 3.22. The van der Waals surface area contributed by atoms with Crippen LogP contribution in [0.3, 0.4) is 0 Å². The Hall–Kier alpha value is -2.15. The molecule has 0 unspecified atom stereocenters. The molecule has 24 heavy (non-hydrogen) atoms. The lowest BCUT2D eigenvalue weighted by atomic mass is 10.0. The van der Waals surface area contributed by atoms with Crippen LogP contribution in [0.2, 0.25) is 0 Å². The molecule has 3 N–H and O–H groups in total. The Kier molecular flexibility index (Phi) is 5.43. The van der Waals surface area contributed by atoms with Crippen LogP contribution in [-0.4, -0.2) is 47.0 Å². The summed E-state index contributed by atoms with van der Waals surface area (Å²) in [5.74, 6) is -1.13. The van der Waals surface area contributed by atoms with Crippen molar-refractivity contribution >= 4 is 17.7 Å². The Morgan fingerprint density at radius 3 is 2.46 bits per heavy atom. The first-order chi connectivity index (χ1) is 11.3. The van der Waals surface area contributed by atoms with Gasteiger partial charge in [-0.3, -0.25) is 9.59 Å². The third-order valence-electron chi connectivity index (χ3n) is 4.56. The average molecular weight is 336 g/mol. The van der Waals surface area contributed by atoms with Crippen molar-refractivity contribution in [3.05, 3.63) is 22.5 Å². The van der Waals surface area contributed by atoms with Crippen LogP contribution < -0.4 is 5.32 Å². The van der Waals surface area contributed by atoms with E-state index < -0.39 is 11.6 Å². The SMILES string of the molecule is COC(=O)c1c(CC(=O)NCC2(O)CCCC2)[nH]c(C(C)=O)c1C. The van der Waals surface area contributed by atoms with Gasteiger partial charge < -0.3 is 20.1 Å². The fourth-order valence-electron chi connectivity index (χ4n) is 3.22. The quantitative estimate of drug-likeness (QED) is 0.535. The molecule has 1 aliphatic carbocycles. The van der Waals surface area contributed by atoms with Crippen LogP contribution in [0.1, 0.15) is 64.7 Å². The van der Waals surface area contributed by atoms with Crippen LogP contribution in [0.5, 0.6) is 0 Å². The molecule has 1 aromatic heterocycles. The van der Waals surface area contributed by atoms with Gasteiger partial charge in [0.1, 0.15) is 0 Å². The molecule has 0 saturated heterocycles. The number of aromatic nitrogens is 1. The Morgan fingerprint density at radius 1 is 1.29 bits per heavy atom. The highest BCUT2D eigenvalue weighted by atomic mass is 16.5. The number of carbonyl (C=O) groups excluding carboxylic acids is 3. The van der Waals surface area contributed by atoms with Gasteiger partial charge in [0.2, 0.25) is 5.91 Å². The molecule has 1 aromatic rings. The van der Waals surface area contributed by atoms with E-state index in [0.29, 0.717) is 29.8 Å². The van der Waals surface area contributed by atoms with Gasteiger partial charge in [-0.2, -0.15) is 0 Å². The normalized spacial score (nSPS) is 16.0. The van der Waals surface area contributed by atoms with E-state index in [9.17, 15) is 19.5 Å². The van der Waals surface area contributed by atoms with E-state index in [-0.39, 0.29) is 30.2 Å². The number of nitrogens with one attached hydrogen (secondary N) is 2. The summed E-state index contributed by atoms with van der Waals surface area (Å²) in [6.07, 6.45) is 3.18. The topological polar surface area (TPSA) is 108 Å². The van der Waals surface area contributed by atoms with Gasteiger partial charge in [-0.15, -0.1) is 0 Å². The minimum Gasteiger partial charge on any atom is -0.465 e. The number of aromatic amines is 1. The molecule has 0 bridgehead atoms. The van der Waals surface area contributed by atoms with Crippen molar-refractivity contribution in [2.45, 2.75) is 51.6 Å². The fraction of sp³-hybridized carbons (Fsp3) is 0.588. The molecule has 132 valence electrons. The molecule has 7 nitrogen and oxygen atoms in total. The average Bonchev–Trinajstić information content (AvgIpc) is 3.09. The largest absolute Gasteiger partial charge is 0.465 e. The number of methoxy groups -OCH3 is 1. The molecular weight excluding hydrogens is 312 g/mol. The molecule has 1 amide bonds. The zero-order valence-electron chi connectivity index (χ0n) is 14.3. The van der Waals surface area contributed by atoms with Gasteiger partial charge in [0.25, 0.3) is 0 Å². The number of rotatable bonds is 6. The van der Waals surface area contributed by atoms with Gasteiger partial charge in [0, 0.05) is 19.2 Å². The van der Waals surface area contributed by atoms with Gasteiger partial charge in [-0.1, -0.05) is 12.8 Å². The van der Waals surface area contributed by atoms with E-state index in [0.717, 1.165) is 12.8 Å². The van der Waals surface area contributed by atoms with Crippen LogP contribution in [0.4, 0.5) is 0 Å². The maximum Gasteiger partial charge on any atom is 0.339 e. The maximum atomic E-state index is 12.2. The number of Topliss-reactive ketones (excluding diaryl/α,β-unsaturated/α-hetero) is 1. The Morgan fingerprint density at radius 2 is 1.92 bits per heavy atom. The zero-order chi connectivity index (χ0) is 17.9. The number of aliphatic hydroxyl groups is 1. The van der Waals surface area contributed by atoms with Gasteiger partial charge >= 0.3 is 5.97 Å². The molecule has 1 heterocycles. The van der Waals surface area contributed by atoms with Gasteiger partial charge in [0.05, 0.1) is 30.4 Å². The van der Waals surface area contributed by atoms with Crippen molar-refractivity contribution in [3.8, 4) is 0 Å². The summed E-state index contributed by atoms with van der Waals surface area (Å²) in [6, 6.07) is 0. The Bertz CT molecular complexity index is 656. The molecule has 0 atom stereocenters. The van der Waals surface area contributed by atoms with Crippen molar-refractivity contribution in [2.75, 3.05) is 13.7 Å². The van der Waals surface area contributed by atoms with Gasteiger partial charge in [-0.25, -0.2) is 4.79 Å². The maximum absolute atomic E-state index is 12.2. The van der Waals surface area contributed by atoms with Crippen LogP contribution in [0.25, 0.3) is 0 Å². The van der Waals surface area contributed by atoms with Crippen LogP contribution in [0.15, 0.2) is 0 Å². The van der Waals surface area contributed by atoms with Gasteiger partial charge in [0.15, 0.2) is 5.78 Å². The highest BCUT2D eigenvalue weighted by Crippen LogP contribution is 2.28. The van der Waals surface area contributed by atoms with Crippen molar-refractivity contribution in [3.63, 3.8) is 0 Å². The molecule has 0 aliphatic heterocycles. The summed E-state index contributed by atoms with van der Waals surface area (Å²) in [4.78, 5) is 38.7. The van der Waals surface area contributed by atoms with Crippen LogP contribution >= 0.6 is 0 Å². The highest BCUT2D eigenvalue weighted by molar-refractivity contribution is 6.01. The number of hydrogen-bond donors (Lipinski definition) is 3. The number of H-pyrrole nitrogens is 1. The number of ketones is 1. The first kappa shape index (κ1) is 18.2. The first-order valence-corrected chi connectivity index (χ1v) is 8.07. The molecule has 1 fully saturated rings. The summed E-state index contributed by atoms with van der Waals surface area (Å²) in [6.45, 7) is 3.22. The minimum absolute atomic E-state index is 0.0887. The standard InChI is InChI=1S/C17H24N2O5/c1-10-14(16(22)24-3)12(19-15(10)11(2)20)8-13(21)18-9-17(23)6-4-5-7-17/h19,23H,4-9H2,1-3H3,(H,18,21). The second-order valence-corrected chi connectivity index (χ2v) is 6.41. The molecule has 0 radical (unpaired) electrons. The lowest BCUT2D eigenvalue weighted by Crippen LogP contribution is -2.41. The zero-order valence-corrected chi connectivity index (χ0v) is 14.3. The highest BCUT2D eigenvalue weighted by Gasteiger charge is 2.31. The van der Waals surface area contributed by atoms with E-state index in [2.05, 4.69) is 10.3 Å². The van der Waals surface area contributed by atoms with Crippen LogP contribution in [0, 0.1) is 6.92 Å². The smallest absolute Gasteiger partial charge is 0.339 e. The minimum atomic E-state index is -0.836. The summed E-state index contributed by atoms with van der Waals surface area (Å²) in [7, 11) is 1.25. The number of carbonyl (C=O) groups is 3. The lowest BCUT2D eigenvalue weighted by molar-refractivity contribution is -0.121. The van der Waals surface area contributed by atoms with Crippen molar-refractivity contribution in [1.82, 2.24) is 10.3 Å². The molecule has 7 heteroatoms. The number of ether oxygens (including phenoxy) is 1. The summed E-state index contributed by atoms with van der Waals surface area (Å²) in [5, 5.41) is 13.0. The van der Waals surface area contributed by atoms with E-state index in [4.69, 9.17) is 4.74 Å².